The number of rotatable bonds is 2. The third kappa shape index (κ3) is 2.36. The second-order valence-corrected chi connectivity index (χ2v) is 6.75. The summed E-state index contributed by atoms with van der Waals surface area (Å²) in [5, 5.41) is 7.42. The summed E-state index contributed by atoms with van der Waals surface area (Å²) in [4.78, 5) is 5.08. The van der Waals surface area contributed by atoms with Crippen molar-refractivity contribution in [2.45, 2.75) is 13.0 Å². The van der Waals surface area contributed by atoms with Crippen molar-refractivity contribution in [3.05, 3.63) is 71.8 Å². The van der Waals surface area contributed by atoms with Crippen LogP contribution in [0.3, 0.4) is 0 Å². The van der Waals surface area contributed by atoms with Crippen LogP contribution < -0.4 is 10.1 Å². The minimum Gasteiger partial charge on any atom is -0.497 e. The molecule has 3 heteroatoms. The molecular weight excluding hydrogens is 320 g/mol. The van der Waals surface area contributed by atoms with Crippen molar-refractivity contribution in [3.8, 4) is 17.0 Å². The molecule has 26 heavy (non-hydrogen) atoms. The van der Waals surface area contributed by atoms with Crippen molar-refractivity contribution in [2.24, 2.45) is 0 Å². The first-order valence-electron chi connectivity index (χ1n) is 9.03. The monoisotopic (exact) mass is 340 g/mol. The summed E-state index contributed by atoms with van der Waals surface area (Å²) in [6.45, 7) is 1.88. The number of hydrogen-bond donors (Lipinski definition) is 1. The van der Waals surface area contributed by atoms with E-state index < -0.39 is 0 Å². The van der Waals surface area contributed by atoms with Gasteiger partial charge in [-0.3, -0.25) is 0 Å². The maximum Gasteiger partial charge on any atom is 0.118 e. The second-order valence-electron chi connectivity index (χ2n) is 6.75. The van der Waals surface area contributed by atoms with Crippen LogP contribution in [0.25, 0.3) is 32.9 Å². The second kappa shape index (κ2) is 6.11. The van der Waals surface area contributed by atoms with Gasteiger partial charge in [0.15, 0.2) is 0 Å². The number of methoxy groups -OCH3 is 1. The fourth-order valence-corrected chi connectivity index (χ4v) is 4.03. The fraction of sp³-hybridized carbons (Fsp3) is 0.174. The lowest BCUT2D eigenvalue weighted by molar-refractivity contribution is 0.415. The molecular formula is C23H20N2O. The predicted molar refractivity (Wildman–Crippen MR) is 107 cm³/mol. The standard InChI is InChI=1S/C23H20N2O/c1-26-17-9-6-16(7-10-17)23-20-14-24-13-12-19(20)22-18-5-3-2-4-15(18)8-11-21(22)25-23/h2-11,24H,12-14H2,1H3. The Morgan fingerprint density at radius 1 is 0.923 bits per heavy atom. The molecule has 1 aliphatic rings. The third-order valence-electron chi connectivity index (χ3n) is 5.31. The molecule has 3 nitrogen and oxygen atoms in total. The van der Waals surface area contributed by atoms with Gasteiger partial charge in [0.2, 0.25) is 0 Å². The van der Waals surface area contributed by atoms with Gasteiger partial charge in [0.1, 0.15) is 5.75 Å². The molecule has 1 N–H and O–H groups in total. The molecule has 1 aliphatic heterocycles. The topological polar surface area (TPSA) is 34.1 Å². The number of fused-ring (bicyclic) bond motifs is 5. The number of nitrogens with one attached hydrogen (secondary N) is 1. The molecule has 128 valence electrons. The normalized spacial score (nSPS) is 13.7. The Balaban J connectivity index is 1.83. The van der Waals surface area contributed by atoms with Crippen LogP contribution in [0.2, 0.25) is 0 Å². The number of nitrogens with zero attached hydrogens (tertiary/aromatic N) is 1. The lowest BCUT2D eigenvalue weighted by Gasteiger charge is -2.23. The van der Waals surface area contributed by atoms with Crippen LogP contribution in [0.4, 0.5) is 0 Å². The maximum atomic E-state index is 5.30. The molecule has 0 bridgehead atoms. The highest BCUT2D eigenvalue weighted by Gasteiger charge is 2.20. The Kier molecular flexibility index (Phi) is 3.61. The largest absolute Gasteiger partial charge is 0.497 e. The Morgan fingerprint density at radius 3 is 2.62 bits per heavy atom. The minimum atomic E-state index is 0.864. The minimum absolute atomic E-state index is 0.864. The number of benzene rings is 3. The number of hydrogen-bond acceptors (Lipinski definition) is 3. The molecule has 1 aromatic heterocycles. The molecule has 5 rings (SSSR count). The Bertz CT molecular complexity index is 1120. The molecule has 4 aromatic rings. The molecule has 0 unspecified atom stereocenters. The van der Waals surface area contributed by atoms with Gasteiger partial charge in [-0.2, -0.15) is 0 Å². The van der Waals surface area contributed by atoms with Gasteiger partial charge in [-0.15, -0.1) is 0 Å². The van der Waals surface area contributed by atoms with Crippen LogP contribution >= 0.6 is 0 Å². The van der Waals surface area contributed by atoms with Gasteiger partial charge in [-0.25, -0.2) is 4.98 Å². The van der Waals surface area contributed by atoms with Crippen LogP contribution in [0, 0.1) is 0 Å². The van der Waals surface area contributed by atoms with E-state index in [1.54, 1.807) is 7.11 Å². The van der Waals surface area contributed by atoms with Crippen LogP contribution in [0.15, 0.2) is 60.7 Å². The zero-order valence-electron chi connectivity index (χ0n) is 14.8. The maximum absolute atomic E-state index is 5.30. The predicted octanol–water partition coefficient (Wildman–Crippen LogP) is 4.71. The Labute approximate surface area is 152 Å². The van der Waals surface area contributed by atoms with E-state index >= 15 is 0 Å². The smallest absolute Gasteiger partial charge is 0.118 e. The average molecular weight is 340 g/mol. The van der Waals surface area contributed by atoms with Gasteiger partial charge in [-0.1, -0.05) is 30.3 Å². The number of ether oxygens (including phenoxy) is 1. The average Bonchev–Trinajstić information content (AvgIpc) is 2.73. The molecule has 2 heterocycles. The highest BCUT2D eigenvalue weighted by atomic mass is 16.5. The van der Waals surface area contributed by atoms with Gasteiger partial charge >= 0.3 is 0 Å². The first-order chi connectivity index (χ1) is 12.8. The van der Waals surface area contributed by atoms with Gasteiger partial charge in [-0.05, 0) is 65.2 Å². The van der Waals surface area contributed by atoms with E-state index in [4.69, 9.17) is 9.72 Å². The van der Waals surface area contributed by atoms with Crippen molar-refractivity contribution in [2.75, 3.05) is 13.7 Å². The molecule has 0 spiro atoms. The quantitative estimate of drug-likeness (QED) is 0.537. The lowest BCUT2D eigenvalue weighted by atomic mass is 9.90. The summed E-state index contributed by atoms with van der Waals surface area (Å²) in [5.41, 5.74) is 6.07. The van der Waals surface area contributed by atoms with Crippen molar-refractivity contribution in [1.29, 1.82) is 0 Å². The summed E-state index contributed by atoms with van der Waals surface area (Å²) in [6.07, 6.45) is 1.03. The van der Waals surface area contributed by atoms with Gasteiger partial charge < -0.3 is 10.1 Å². The third-order valence-corrected chi connectivity index (χ3v) is 5.31. The van der Waals surface area contributed by atoms with Gasteiger partial charge in [0, 0.05) is 17.5 Å². The highest BCUT2D eigenvalue weighted by Crippen LogP contribution is 2.36. The summed E-state index contributed by atoms with van der Waals surface area (Å²) in [6, 6.07) is 21.2. The van der Waals surface area contributed by atoms with Crippen molar-refractivity contribution >= 4 is 21.7 Å². The Morgan fingerprint density at radius 2 is 1.77 bits per heavy atom. The number of aromatic nitrogens is 1. The fourth-order valence-electron chi connectivity index (χ4n) is 4.03. The highest BCUT2D eigenvalue weighted by molar-refractivity contribution is 6.09. The van der Waals surface area contributed by atoms with Gasteiger partial charge in [0.25, 0.3) is 0 Å². The number of pyridine rings is 1. The SMILES string of the molecule is COc1ccc(-c2nc3ccc4ccccc4c3c3c2CNCC3)cc1. The summed E-state index contributed by atoms with van der Waals surface area (Å²) >= 11 is 0. The van der Waals surface area contributed by atoms with E-state index in [1.165, 1.54) is 27.3 Å². The molecule has 0 atom stereocenters. The molecule has 0 fully saturated rings. The van der Waals surface area contributed by atoms with Crippen LogP contribution in [-0.4, -0.2) is 18.6 Å². The molecule has 0 saturated carbocycles. The van der Waals surface area contributed by atoms with Crippen molar-refractivity contribution in [1.82, 2.24) is 10.3 Å². The first kappa shape index (κ1) is 15.4. The lowest BCUT2D eigenvalue weighted by Crippen LogP contribution is -2.25. The van der Waals surface area contributed by atoms with Crippen molar-refractivity contribution in [3.63, 3.8) is 0 Å². The molecule has 0 aliphatic carbocycles. The van der Waals surface area contributed by atoms with E-state index in [1.807, 2.05) is 12.1 Å². The van der Waals surface area contributed by atoms with E-state index in [0.717, 1.165) is 42.0 Å². The summed E-state index contributed by atoms with van der Waals surface area (Å²) < 4.78 is 5.30. The summed E-state index contributed by atoms with van der Waals surface area (Å²) in [5.74, 6) is 0.868. The summed E-state index contributed by atoms with van der Waals surface area (Å²) in [7, 11) is 1.69. The molecule has 3 aromatic carbocycles. The van der Waals surface area contributed by atoms with Crippen LogP contribution in [-0.2, 0) is 13.0 Å². The van der Waals surface area contributed by atoms with E-state index in [2.05, 4.69) is 53.8 Å². The molecule has 0 amide bonds. The van der Waals surface area contributed by atoms with E-state index in [-0.39, 0.29) is 0 Å². The van der Waals surface area contributed by atoms with Crippen LogP contribution in [0.1, 0.15) is 11.1 Å². The van der Waals surface area contributed by atoms with Crippen molar-refractivity contribution < 1.29 is 4.74 Å². The van der Waals surface area contributed by atoms with Crippen LogP contribution in [0.5, 0.6) is 5.75 Å². The molecule has 0 radical (unpaired) electrons. The Hall–Kier alpha value is -2.91. The zero-order valence-corrected chi connectivity index (χ0v) is 14.8. The van der Waals surface area contributed by atoms with E-state index in [9.17, 15) is 0 Å². The molecule has 0 saturated heterocycles. The first-order valence-corrected chi connectivity index (χ1v) is 9.03. The zero-order chi connectivity index (χ0) is 17.5. The van der Waals surface area contributed by atoms with E-state index in [0.29, 0.717) is 0 Å². The van der Waals surface area contributed by atoms with Gasteiger partial charge in [0.05, 0.1) is 18.3 Å².